The van der Waals surface area contributed by atoms with E-state index in [4.69, 9.17) is 23.2 Å². The van der Waals surface area contributed by atoms with Crippen molar-refractivity contribution in [1.82, 2.24) is 9.78 Å². The quantitative estimate of drug-likeness (QED) is 0.309. The summed E-state index contributed by atoms with van der Waals surface area (Å²) in [6.45, 7) is 5.76. The van der Waals surface area contributed by atoms with Crippen molar-refractivity contribution in [2.45, 2.75) is 37.8 Å². The highest BCUT2D eigenvalue weighted by Crippen LogP contribution is 2.33. The van der Waals surface area contributed by atoms with Crippen LogP contribution in [0.3, 0.4) is 0 Å². The largest absolute Gasteiger partial charge is 0.384 e. The van der Waals surface area contributed by atoms with Gasteiger partial charge in [0.25, 0.3) is 0 Å². The number of nitrogens with zero attached hydrogens (tertiary/aromatic N) is 2. The van der Waals surface area contributed by atoms with E-state index in [0.29, 0.717) is 22.3 Å². The van der Waals surface area contributed by atoms with Crippen LogP contribution < -0.4 is 0 Å². The van der Waals surface area contributed by atoms with Crippen LogP contribution >= 0.6 is 23.2 Å². The molecule has 0 radical (unpaired) electrons. The van der Waals surface area contributed by atoms with Gasteiger partial charge in [0.2, 0.25) is 0 Å². The van der Waals surface area contributed by atoms with Gasteiger partial charge in [-0.15, -0.1) is 0 Å². The van der Waals surface area contributed by atoms with Gasteiger partial charge in [0.05, 0.1) is 32.9 Å². The molecule has 0 saturated heterocycles. The zero-order valence-electron chi connectivity index (χ0n) is 19.9. The zero-order valence-corrected chi connectivity index (χ0v) is 22.2. The zero-order chi connectivity index (χ0) is 25.5. The highest BCUT2D eigenvalue weighted by Gasteiger charge is 2.23. The van der Waals surface area contributed by atoms with E-state index >= 15 is 0 Å². The number of halogens is 2. The molecule has 1 heterocycles. The fourth-order valence-corrected chi connectivity index (χ4v) is 4.97. The first-order valence-corrected chi connectivity index (χ1v) is 13.6. The Bertz CT molecular complexity index is 1520. The lowest BCUT2D eigenvalue weighted by Crippen LogP contribution is -2.17. The Balaban J connectivity index is 1.80. The summed E-state index contributed by atoms with van der Waals surface area (Å²) < 4.78 is 25.8. The van der Waals surface area contributed by atoms with E-state index in [2.05, 4.69) is 5.10 Å². The molecule has 0 unspecified atom stereocenters. The number of aliphatic hydroxyl groups is 1. The van der Waals surface area contributed by atoms with E-state index < -0.39 is 15.4 Å². The highest BCUT2D eigenvalue weighted by molar-refractivity contribution is 7.90. The Morgan fingerprint density at radius 2 is 1.66 bits per heavy atom. The molecule has 0 spiro atoms. The summed E-state index contributed by atoms with van der Waals surface area (Å²) in [6.07, 6.45) is 1.20. The number of rotatable bonds is 6. The maximum atomic E-state index is 12.0. The van der Waals surface area contributed by atoms with Gasteiger partial charge in [-0.05, 0) is 67.3 Å². The highest BCUT2D eigenvalue weighted by atomic mass is 35.5. The molecule has 0 bridgehead atoms. The summed E-state index contributed by atoms with van der Waals surface area (Å²) in [5, 5.41) is 16.2. The van der Waals surface area contributed by atoms with Gasteiger partial charge in [0, 0.05) is 11.8 Å². The van der Waals surface area contributed by atoms with Gasteiger partial charge in [0.1, 0.15) is 5.60 Å². The van der Waals surface area contributed by atoms with Crippen LogP contribution in [0.25, 0.3) is 22.4 Å². The summed E-state index contributed by atoms with van der Waals surface area (Å²) in [6, 6.07) is 20.2. The third-order valence-corrected chi connectivity index (χ3v) is 7.82. The second-order valence-electron chi connectivity index (χ2n) is 9.17. The third kappa shape index (κ3) is 5.46. The monoisotopic (exact) mass is 528 g/mol. The predicted molar refractivity (Wildman–Crippen MR) is 142 cm³/mol. The molecule has 8 heteroatoms. The van der Waals surface area contributed by atoms with Crippen LogP contribution in [0.1, 0.15) is 30.7 Å². The second-order valence-corrected chi connectivity index (χ2v) is 12.0. The van der Waals surface area contributed by atoms with Gasteiger partial charge < -0.3 is 5.11 Å². The van der Waals surface area contributed by atoms with E-state index in [0.717, 1.165) is 33.5 Å². The first-order chi connectivity index (χ1) is 16.3. The number of sulfone groups is 1. The molecule has 3 aromatic carbocycles. The predicted octanol–water partition coefficient (Wildman–Crippen LogP) is 6.51. The van der Waals surface area contributed by atoms with E-state index in [1.807, 2.05) is 54.1 Å². The molecule has 35 heavy (non-hydrogen) atoms. The maximum absolute atomic E-state index is 12.0. The smallest absolute Gasteiger partial charge is 0.175 e. The molecule has 0 atom stereocenters. The van der Waals surface area contributed by atoms with Gasteiger partial charge >= 0.3 is 0 Å². The summed E-state index contributed by atoms with van der Waals surface area (Å²) in [5.74, 6) is 0. The van der Waals surface area contributed by atoms with Gasteiger partial charge in [-0.25, -0.2) is 8.42 Å². The van der Waals surface area contributed by atoms with Crippen molar-refractivity contribution in [3.63, 3.8) is 0 Å². The van der Waals surface area contributed by atoms with Crippen molar-refractivity contribution in [1.29, 1.82) is 0 Å². The van der Waals surface area contributed by atoms with Crippen LogP contribution in [-0.4, -0.2) is 29.6 Å². The number of aromatic nitrogens is 2. The fraction of sp³-hybridized carbons (Fsp3) is 0.222. The van der Waals surface area contributed by atoms with E-state index in [1.54, 1.807) is 38.1 Å². The van der Waals surface area contributed by atoms with Crippen LogP contribution in [0.15, 0.2) is 71.6 Å². The van der Waals surface area contributed by atoms with Crippen molar-refractivity contribution in [2.24, 2.45) is 0 Å². The lowest BCUT2D eigenvalue weighted by molar-refractivity contribution is 0.0731. The molecular weight excluding hydrogens is 503 g/mol. The standard InChI is InChI=1S/C27H26Cl2N2O3S/c1-17-13-19(18-7-5-9-21(14-18)35(4,33)34)11-12-22(17)24-15-25(27(2,3)32)30-31(24)16-20-8-6-10-23(28)26(20)29/h5-15,32H,16H2,1-4H3. The van der Waals surface area contributed by atoms with Crippen molar-refractivity contribution in [3.05, 3.63) is 93.6 Å². The maximum Gasteiger partial charge on any atom is 0.175 e. The van der Waals surface area contributed by atoms with Crippen LogP contribution in [0.5, 0.6) is 0 Å². The molecule has 1 N–H and O–H groups in total. The lowest BCUT2D eigenvalue weighted by Gasteiger charge is -2.14. The second kappa shape index (κ2) is 9.43. The summed E-state index contributed by atoms with van der Waals surface area (Å²) in [5.41, 5.74) is 4.70. The summed E-state index contributed by atoms with van der Waals surface area (Å²) >= 11 is 12.7. The van der Waals surface area contributed by atoms with Crippen LogP contribution in [0, 0.1) is 6.92 Å². The van der Waals surface area contributed by atoms with Crippen molar-refractivity contribution < 1.29 is 13.5 Å². The van der Waals surface area contributed by atoms with E-state index in [9.17, 15) is 13.5 Å². The normalized spacial score (nSPS) is 12.2. The first-order valence-electron chi connectivity index (χ1n) is 11.0. The van der Waals surface area contributed by atoms with Crippen LogP contribution in [0.4, 0.5) is 0 Å². The Kier molecular flexibility index (Phi) is 6.86. The fourth-order valence-electron chi connectivity index (χ4n) is 3.92. The first kappa shape index (κ1) is 25.5. The Morgan fingerprint density at radius 1 is 0.971 bits per heavy atom. The minimum absolute atomic E-state index is 0.281. The SMILES string of the molecule is Cc1cc(-c2cccc(S(C)(=O)=O)c2)ccc1-c1cc(C(C)(C)O)nn1Cc1cccc(Cl)c1Cl. The molecule has 0 aliphatic carbocycles. The average molecular weight is 529 g/mol. The molecule has 5 nitrogen and oxygen atoms in total. The number of aryl methyl sites for hydroxylation is 1. The molecule has 0 amide bonds. The number of hydrogen-bond donors (Lipinski definition) is 1. The Morgan fingerprint density at radius 3 is 2.31 bits per heavy atom. The van der Waals surface area contributed by atoms with E-state index in [1.165, 1.54) is 6.26 Å². The Labute approximate surface area is 215 Å². The molecule has 0 aliphatic heterocycles. The van der Waals surface area contributed by atoms with Crippen LogP contribution in [0.2, 0.25) is 10.0 Å². The van der Waals surface area contributed by atoms with Gasteiger partial charge in [0.15, 0.2) is 9.84 Å². The minimum Gasteiger partial charge on any atom is -0.384 e. The Hall–Kier alpha value is -2.64. The van der Waals surface area contributed by atoms with Crippen molar-refractivity contribution in [3.8, 4) is 22.4 Å². The third-order valence-electron chi connectivity index (χ3n) is 5.86. The summed E-state index contributed by atoms with van der Waals surface area (Å²) in [7, 11) is -3.30. The van der Waals surface area contributed by atoms with E-state index in [-0.39, 0.29) is 4.90 Å². The van der Waals surface area contributed by atoms with Gasteiger partial charge in [-0.1, -0.05) is 65.7 Å². The summed E-state index contributed by atoms with van der Waals surface area (Å²) in [4.78, 5) is 0.281. The molecule has 0 fully saturated rings. The van der Waals surface area contributed by atoms with Crippen LogP contribution in [-0.2, 0) is 22.0 Å². The lowest BCUT2D eigenvalue weighted by atomic mass is 9.97. The average Bonchev–Trinajstić information content (AvgIpc) is 3.20. The molecule has 4 rings (SSSR count). The minimum atomic E-state index is -3.30. The van der Waals surface area contributed by atoms with Gasteiger partial charge in [-0.3, -0.25) is 4.68 Å². The molecule has 0 saturated carbocycles. The number of hydrogen-bond acceptors (Lipinski definition) is 4. The molecule has 4 aromatic rings. The number of benzene rings is 3. The molecule has 182 valence electrons. The molecule has 1 aromatic heterocycles. The van der Waals surface area contributed by atoms with Gasteiger partial charge in [-0.2, -0.15) is 5.10 Å². The van der Waals surface area contributed by atoms with Crippen molar-refractivity contribution >= 4 is 33.0 Å². The topological polar surface area (TPSA) is 72.2 Å². The molecule has 0 aliphatic rings. The van der Waals surface area contributed by atoms with Crippen molar-refractivity contribution in [2.75, 3.05) is 6.26 Å². The molecular formula is C27H26Cl2N2O3S.